The lowest BCUT2D eigenvalue weighted by Crippen LogP contribution is -2.70. The summed E-state index contributed by atoms with van der Waals surface area (Å²) in [5.74, 6) is 0.985. The number of nitrogens with zero attached hydrogens (tertiary/aromatic N) is 2. The molecule has 2 unspecified atom stereocenters. The van der Waals surface area contributed by atoms with Crippen molar-refractivity contribution in [1.82, 2.24) is 15.5 Å². The Bertz CT molecular complexity index is 472. The van der Waals surface area contributed by atoms with Crippen LogP contribution in [0, 0.1) is 5.41 Å². The van der Waals surface area contributed by atoms with E-state index in [9.17, 15) is 0 Å². The number of guanidine groups is 1. The fourth-order valence-corrected chi connectivity index (χ4v) is 4.22. The molecule has 5 nitrogen and oxygen atoms in total. The quantitative estimate of drug-likeness (QED) is 0.373. The topological polar surface area (TPSA) is 48.9 Å². The van der Waals surface area contributed by atoms with E-state index in [1.807, 2.05) is 7.11 Å². The smallest absolute Gasteiger partial charge is 0.191 e. The van der Waals surface area contributed by atoms with Crippen LogP contribution in [0.25, 0.3) is 0 Å². The van der Waals surface area contributed by atoms with Crippen LogP contribution in [0.3, 0.4) is 0 Å². The first-order valence-electron chi connectivity index (χ1n) is 9.76. The van der Waals surface area contributed by atoms with E-state index < -0.39 is 0 Å². The van der Waals surface area contributed by atoms with Crippen molar-refractivity contribution in [1.29, 1.82) is 0 Å². The van der Waals surface area contributed by atoms with E-state index >= 15 is 0 Å². The number of ether oxygens (including phenoxy) is 1. The zero-order valence-electron chi connectivity index (χ0n) is 16.6. The fourth-order valence-electron chi connectivity index (χ4n) is 4.22. The Morgan fingerprint density at radius 3 is 2.24 bits per heavy atom. The Balaban J connectivity index is 0.00000225. The molecule has 1 heterocycles. The molecule has 3 rings (SSSR count). The maximum atomic E-state index is 5.74. The number of hydrogen-bond acceptors (Lipinski definition) is 3. The zero-order chi connectivity index (χ0) is 17.4. The SMILES string of the molecule is CCN=C(NC1CCN(C2CC2)CC1)NC1CC(C)(OC)C1(C)C.I. The summed E-state index contributed by atoms with van der Waals surface area (Å²) in [6, 6.07) is 1.86. The molecule has 0 radical (unpaired) electrons. The molecule has 0 aromatic carbocycles. The van der Waals surface area contributed by atoms with E-state index in [1.165, 1.54) is 38.8 Å². The normalized spacial score (nSPS) is 33.3. The molecule has 3 aliphatic rings. The fraction of sp³-hybridized carbons (Fsp3) is 0.947. The van der Waals surface area contributed by atoms with Crippen LogP contribution in [-0.4, -0.2) is 61.3 Å². The molecule has 2 N–H and O–H groups in total. The summed E-state index contributed by atoms with van der Waals surface area (Å²) in [7, 11) is 1.82. The molecular formula is C19H37IN4O. The van der Waals surface area contributed by atoms with Gasteiger partial charge in [0.15, 0.2) is 5.96 Å². The third-order valence-corrected chi connectivity index (χ3v) is 6.84. The second-order valence-corrected chi connectivity index (χ2v) is 8.57. The van der Waals surface area contributed by atoms with Gasteiger partial charge in [-0.3, -0.25) is 4.99 Å². The van der Waals surface area contributed by atoms with Crippen LogP contribution < -0.4 is 10.6 Å². The van der Waals surface area contributed by atoms with E-state index in [4.69, 9.17) is 4.74 Å². The van der Waals surface area contributed by atoms with Crippen LogP contribution in [-0.2, 0) is 4.74 Å². The van der Waals surface area contributed by atoms with Crippen molar-refractivity contribution < 1.29 is 4.74 Å². The molecule has 1 aliphatic heterocycles. The molecule has 3 fully saturated rings. The molecule has 2 aliphatic carbocycles. The molecule has 0 spiro atoms. The highest BCUT2D eigenvalue weighted by Gasteiger charge is 2.58. The first-order valence-corrected chi connectivity index (χ1v) is 9.76. The maximum Gasteiger partial charge on any atom is 0.191 e. The summed E-state index contributed by atoms with van der Waals surface area (Å²) >= 11 is 0. The van der Waals surface area contributed by atoms with Gasteiger partial charge < -0.3 is 20.3 Å². The molecule has 25 heavy (non-hydrogen) atoms. The van der Waals surface area contributed by atoms with Gasteiger partial charge in [-0.1, -0.05) is 13.8 Å². The summed E-state index contributed by atoms with van der Waals surface area (Å²) in [6.45, 7) is 12.2. The van der Waals surface area contributed by atoms with E-state index in [-0.39, 0.29) is 35.0 Å². The van der Waals surface area contributed by atoms with Crippen molar-refractivity contribution in [2.75, 3.05) is 26.7 Å². The van der Waals surface area contributed by atoms with Crippen LogP contribution in [0.5, 0.6) is 0 Å². The number of piperidine rings is 1. The number of aliphatic imine (C=N–C) groups is 1. The van der Waals surface area contributed by atoms with Gasteiger partial charge in [0.2, 0.25) is 0 Å². The van der Waals surface area contributed by atoms with Gasteiger partial charge in [0, 0.05) is 50.3 Å². The number of hydrogen-bond donors (Lipinski definition) is 2. The molecule has 0 aromatic heterocycles. The minimum Gasteiger partial charge on any atom is -0.378 e. The van der Waals surface area contributed by atoms with Crippen LogP contribution in [0.1, 0.15) is 59.8 Å². The van der Waals surface area contributed by atoms with Crippen molar-refractivity contribution in [3.05, 3.63) is 0 Å². The van der Waals surface area contributed by atoms with Crippen molar-refractivity contribution in [3.63, 3.8) is 0 Å². The Labute approximate surface area is 170 Å². The molecular weight excluding hydrogens is 427 g/mol. The third kappa shape index (κ3) is 4.43. The van der Waals surface area contributed by atoms with Crippen LogP contribution in [0.4, 0.5) is 0 Å². The van der Waals surface area contributed by atoms with Gasteiger partial charge in [0.05, 0.1) is 5.60 Å². The highest BCUT2D eigenvalue weighted by atomic mass is 127. The Morgan fingerprint density at radius 2 is 1.76 bits per heavy atom. The van der Waals surface area contributed by atoms with E-state index in [1.54, 1.807) is 0 Å². The predicted molar refractivity (Wildman–Crippen MR) is 115 cm³/mol. The molecule has 2 saturated carbocycles. The molecule has 0 amide bonds. The highest BCUT2D eigenvalue weighted by Crippen LogP contribution is 2.51. The van der Waals surface area contributed by atoms with Gasteiger partial charge in [-0.15, -0.1) is 24.0 Å². The van der Waals surface area contributed by atoms with Crippen molar-refractivity contribution >= 4 is 29.9 Å². The van der Waals surface area contributed by atoms with Gasteiger partial charge in [0.25, 0.3) is 0 Å². The standard InChI is InChI=1S/C19H36N4O.HI/c1-6-20-17(22-16-13-19(4,24-5)18(16,2)3)21-14-9-11-23(12-10-14)15-7-8-15;/h14-16H,6-13H2,1-5H3,(H2,20,21,22);1H. The van der Waals surface area contributed by atoms with Crippen molar-refractivity contribution in [2.45, 2.75) is 83.5 Å². The number of halogens is 1. The number of methoxy groups -OCH3 is 1. The third-order valence-electron chi connectivity index (χ3n) is 6.84. The summed E-state index contributed by atoms with van der Waals surface area (Å²) < 4.78 is 5.74. The minimum absolute atomic E-state index is 0. The van der Waals surface area contributed by atoms with E-state index in [0.717, 1.165) is 25.0 Å². The maximum absolute atomic E-state index is 5.74. The monoisotopic (exact) mass is 464 g/mol. The second kappa shape index (κ2) is 8.30. The summed E-state index contributed by atoms with van der Waals surface area (Å²) in [5.41, 5.74) is 0.0604. The molecule has 0 bridgehead atoms. The average Bonchev–Trinajstić information content (AvgIpc) is 3.40. The lowest BCUT2D eigenvalue weighted by Gasteiger charge is -2.59. The molecule has 6 heteroatoms. The number of rotatable bonds is 5. The number of likely N-dealkylation sites (tertiary alicyclic amines) is 1. The Hall–Kier alpha value is -0.0800. The molecule has 2 atom stereocenters. The van der Waals surface area contributed by atoms with Gasteiger partial charge in [-0.05, 0) is 46.0 Å². The predicted octanol–water partition coefficient (Wildman–Crippen LogP) is 2.99. The van der Waals surface area contributed by atoms with E-state index in [0.29, 0.717) is 12.1 Å². The molecule has 0 aromatic rings. The van der Waals surface area contributed by atoms with Crippen molar-refractivity contribution in [2.24, 2.45) is 10.4 Å². The Kier molecular flexibility index (Phi) is 7.04. The van der Waals surface area contributed by atoms with Gasteiger partial charge in [-0.2, -0.15) is 0 Å². The summed E-state index contributed by atoms with van der Waals surface area (Å²) in [6.07, 6.45) is 6.31. The van der Waals surface area contributed by atoms with Gasteiger partial charge >= 0.3 is 0 Å². The van der Waals surface area contributed by atoms with E-state index in [2.05, 4.69) is 48.2 Å². The lowest BCUT2D eigenvalue weighted by molar-refractivity contribution is -0.176. The second-order valence-electron chi connectivity index (χ2n) is 8.57. The van der Waals surface area contributed by atoms with Gasteiger partial charge in [-0.25, -0.2) is 0 Å². The summed E-state index contributed by atoms with van der Waals surface area (Å²) in [5, 5.41) is 7.36. The highest BCUT2D eigenvalue weighted by molar-refractivity contribution is 14.0. The zero-order valence-corrected chi connectivity index (χ0v) is 18.9. The first-order chi connectivity index (χ1) is 11.4. The lowest BCUT2D eigenvalue weighted by atomic mass is 9.56. The van der Waals surface area contributed by atoms with Gasteiger partial charge in [0.1, 0.15) is 0 Å². The molecule has 1 saturated heterocycles. The summed E-state index contributed by atoms with van der Waals surface area (Å²) in [4.78, 5) is 7.35. The average molecular weight is 464 g/mol. The van der Waals surface area contributed by atoms with Crippen LogP contribution >= 0.6 is 24.0 Å². The minimum atomic E-state index is -0.0441. The van der Waals surface area contributed by atoms with Crippen LogP contribution in [0.15, 0.2) is 4.99 Å². The Morgan fingerprint density at radius 1 is 1.12 bits per heavy atom. The van der Waals surface area contributed by atoms with Crippen LogP contribution in [0.2, 0.25) is 0 Å². The largest absolute Gasteiger partial charge is 0.378 e. The first kappa shape index (κ1) is 21.2. The molecule has 146 valence electrons. The van der Waals surface area contributed by atoms with Crippen molar-refractivity contribution in [3.8, 4) is 0 Å². The number of nitrogens with one attached hydrogen (secondary N) is 2.